The summed E-state index contributed by atoms with van der Waals surface area (Å²) in [4.78, 5) is 29.2. The van der Waals surface area contributed by atoms with Gasteiger partial charge in [0.05, 0.1) is 13.7 Å². The largest absolute Gasteiger partial charge is 0.497 e. The molecule has 1 aromatic carbocycles. The van der Waals surface area contributed by atoms with Gasteiger partial charge in [0.25, 0.3) is 5.91 Å². The lowest BCUT2D eigenvalue weighted by Crippen LogP contribution is -2.52. The van der Waals surface area contributed by atoms with E-state index >= 15 is 0 Å². The van der Waals surface area contributed by atoms with Crippen LogP contribution in [0.3, 0.4) is 0 Å². The van der Waals surface area contributed by atoms with Crippen molar-refractivity contribution < 1.29 is 14.3 Å². The van der Waals surface area contributed by atoms with E-state index in [4.69, 9.17) is 4.74 Å². The van der Waals surface area contributed by atoms with Crippen molar-refractivity contribution in [2.24, 2.45) is 5.92 Å². The van der Waals surface area contributed by atoms with Crippen LogP contribution in [-0.2, 0) is 11.3 Å². The van der Waals surface area contributed by atoms with Crippen molar-refractivity contribution in [2.45, 2.75) is 51.6 Å². The third kappa shape index (κ3) is 2.56. The Balaban J connectivity index is 1.85. The van der Waals surface area contributed by atoms with Gasteiger partial charge in [-0.05, 0) is 50.3 Å². The van der Waals surface area contributed by atoms with E-state index < -0.39 is 5.54 Å². The molecule has 24 heavy (non-hydrogen) atoms. The Morgan fingerprint density at radius 3 is 2.33 bits per heavy atom. The number of nitrogens with zero attached hydrogens (tertiary/aromatic N) is 2. The van der Waals surface area contributed by atoms with Gasteiger partial charge in [0.2, 0.25) is 0 Å². The zero-order valence-electron chi connectivity index (χ0n) is 14.7. The first-order valence-corrected chi connectivity index (χ1v) is 8.78. The number of likely N-dealkylation sites (N-methyl/N-ethyl adjacent to an activating group) is 1. The summed E-state index contributed by atoms with van der Waals surface area (Å²) < 4.78 is 5.16. The highest BCUT2D eigenvalue weighted by Gasteiger charge is 2.57. The van der Waals surface area contributed by atoms with Gasteiger partial charge in [0.15, 0.2) is 0 Å². The highest BCUT2D eigenvalue weighted by molar-refractivity contribution is 6.07. The van der Waals surface area contributed by atoms with Crippen LogP contribution in [0.4, 0.5) is 4.79 Å². The van der Waals surface area contributed by atoms with E-state index in [1.54, 1.807) is 12.0 Å². The minimum Gasteiger partial charge on any atom is -0.497 e. The van der Waals surface area contributed by atoms with Crippen LogP contribution in [0.25, 0.3) is 0 Å². The van der Waals surface area contributed by atoms with Crippen molar-refractivity contribution in [1.29, 1.82) is 0 Å². The molecule has 0 bridgehead atoms. The Morgan fingerprint density at radius 1 is 1.17 bits per heavy atom. The third-order valence-corrected chi connectivity index (χ3v) is 5.67. The summed E-state index contributed by atoms with van der Waals surface area (Å²) in [6.45, 7) is 4.80. The molecule has 1 saturated heterocycles. The lowest BCUT2D eigenvalue weighted by molar-refractivity contribution is -0.135. The molecule has 2 fully saturated rings. The van der Waals surface area contributed by atoms with E-state index in [-0.39, 0.29) is 17.9 Å². The smallest absolute Gasteiger partial charge is 0.327 e. The predicted octanol–water partition coefficient (Wildman–Crippen LogP) is 3.43. The fraction of sp³-hybridized carbons (Fsp3) is 0.579. The van der Waals surface area contributed by atoms with Crippen LogP contribution in [-0.4, -0.2) is 40.9 Å². The number of hydrogen-bond donors (Lipinski definition) is 0. The molecule has 5 nitrogen and oxygen atoms in total. The standard InChI is InChI=1S/C19H26N2O3/c1-4-21-18(23)20(13-14-9-11-16(24-3)12-10-14)17(22)19(21,2)15-7-5-6-8-15/h9-12,15H,4-8,13H2,1-3H3. The Kier molecular flexibility index (Phi) is 4.52. The maximum atomic E-state index is 13.2. The van der Waals surface area contributed by atoms with Gasteiger partial charge in [-0.3, -0.25) is 9.69 Å². The fourth-order valence-electron chi connectivity index (χ4n) is 4.22. The molecule has 130 valence electrons. The Labute approximate surface area is 143 Å². The average Bonchev–Trinajstić information content (AvgIpc) is 3.19. The van der Waals surface area contributed by atoms with Crippen molar-refractivity contribution >= 4 is 11.9 Å². The molecule has 3 amide bonds. The summed E-state index contributed by atoms with van der Waals surface area (Å²) in [5.74, 6) is 0.996. The highest BCUT2D eigenvalue weighted by atomic mass is 16.5. The Morgan fingerprint density at radius 2 is 1.79 bits per heavy atom. The molecule has 1 aliphatic heterocycles. The van der Waals surface area contributed by atoms with Crippen LogP contribution in [0.1, 0.15) is 45.1 Å². The van der Waals surface area contributed by atoms with E-state index in [1.807, 2.05) is 38.1 Å². The zero-order valence-corrected chi connectivity index (χ0v) is 14.7. The van der Waals surface area contributed by atoms with Crippen molar-refractivity contribution in [1.82, 2.24) is 9.80 Å². The number of carbonyl (C=O) groups is 2. The normalized spacial score (nSPS) is 25.0. The number of ether oxygens (including phenoxy) is 1. The molecule has 1 unspecified atom stereocenters. The first-order valence-electron chi connectivity index (χ1n) is 8.78. The van der Waals surface area contributed by atoms with E-state index in [9.17, 15) is 9.59 Å². The van der Waals surface area contributed by atoms with Gasteiger partial charge in [0.1, 0.15) is 11.3 Å². The summed E-state index contributed by atoms with van der Waals surface area (Å²) in [5.41, 5.74) is 0.249. The molecule has 2 aliphatic rings. The number of carbonyl (C=O) groups excluding carboxylic acids is 2. The van der Waals surface area contributed by atoms with Crippen molar-refractivity contribution in [2.75, 3.05) is 13.7 Å². The van der Waals surface area contributed by atoms with Gasteiger partial charge in [0, 0.05) is 6.54 Å². The van der Waals surface area contributed by atoms with Crippen molar-refractivity contribution in [3.05, 3.63) is 29.8 Å². The first kappa shape index (κ1) is 16.8. The number of imide groups is 1. The molecule has 1 atom stereocenters. The zero-order chi connectivity index (χ0) is 17.3. The van der Waals surface area contributed by atoms with Gasteiger partial charge in [-0.2, -0.15) is 0 Å². The molecule has 0 aromatic heterocycles. The Hall–Kier alpha value is -2.04. The quantitative estimate of drug-likeness (QED) is 0.777. The summed E-state index contributed by atoms with van der Waals surface area (Å²) >= 11 is 0. The van der Waals surface area contributed by atoms with E-state index in [0.717, 1.165) is 37.0 Å². The second kappa shape index (κ2) is 6.46. The molecule has 0 N–H and O–H groups in total. The Bertz CT molecular complexity index is 622. The van der Waals surface area contributed by atoms with Crippen LogP contribution in [0.15, 0.2) is 24.3 Å². The van der Waals surface area contributed by atoms with Gasteiger partial charge < -0.3 is 9.64 Å². The van der Waals surface area contributed by atoms with Gasteiger partial charge in [-0.1, -0.05) is 25.0 Å². The van der Waals surface area contributed by atoms with Crippen LogP contribution in [0.2, 0.25) is 0 Å². The molecular formula is C19H26N2O3. The maximum Gasteiger partial charge on any atom is 0.327 e. The molecular weight excluding hydrogens is 304 g/mol. The van der Waals surface area contributed by atoms with Gasteiger partial charge in [-0.25, -0.2) is 4.79 Å². The van der Waals surface area contributed by atoms with Crippen LogP contribution in [0.5, 0.6) is 5.75 Å². The number of benzene rings is 1. The first-order chi connectivity index (χ1) is 11.5. The number of methoxy groups -OCH3 is 1. The second-order valence-electron chi connectivity index (χ2n) is 6.90. The minimum atomic E-state index is -0.686. The lowest BCUT2D eigenvalue weighted by atomic mass is 9.83. The average molecular weight is 330 g/mol. The predicted molar refractivity (Wildman–Crippen MR) is 91.7 cm³/mol. The molecule has 1 aromatic rings. The number of amides is 3. The number of urea groups is 1. The van der Waals surface area contributed by atoms with Crippen molar-refractivity contribution in [3.8, 4) is 5.75 Å². The summed E-state index contributed by atoms with van der Waals surface area (Å²) in [5, 5.41) is 0. The van der Waals surface area contributed by atoms with E-state index in [1.165, 1.54) is 4.90 Å². The SMILES string of the molecule is CCN1C(=O)N(Cc2ccc(OC)cc2)C(=O)C1(C)C1CCCC1. The number of rotatable bonds is 5. The van der Waals surface area contributed by atoms with Gasteiger partial charge in [-0.15, -0.1) is 0 Å². The van der Waals surface area contributed by atoms with Crippen molar-refractivity contribution in [3.63, 3.8) is 0 Å². The topological polar surface area (TPSA) is 49.9 Å². The summed E-state index contributed by atoms with van der Waals surface area (Å²) in [7, 11) is 1.62. The third-order valence-electron chi connectivity index (χ3n) is 5.67. The fourth-order valence-corrected chi connectivity index (χ4v) is 4.22. The number of hydrogen-bond acceptors (Lipinski definition) is 3. The van der Waals surface area contributed by atoms with Crippen LogP contribution in [0, 0.1) is 5.92 Å². The van der Waals surface area contributed by atoms with E-state index in [0.29, 0.717) is 13.1 Å². The summed E-state index contributed by atoms with van der Waals surface area (Å²) in [6.07, 6.45) is 4.36. The van der Waals surface area contributed by atoms with Crippen LogP contribution < -0.4 is 4.74 Å². The molecule has 0 radical (unpaired) electrons. The lowest BCUT2D eigenvalue weighted by Gasteiger charge is -2.36. The second-order valence-corrected chi connectivity index (χ2v) is 6.90. The minimum absolute atomic E-state index is 0.0444. The molecule has 5 heteroatoms. The van der Waals surface area contributed by atoms with Gasteiger partial charge >= 0.3 is 6.03 Å². The van der Waals surface area contributed by atoms with Crippen LogP contribution >= 0.6 is 0 Å². The van der Waals surface area contributed by atoms with E-state index in [2.05, 4.69) is 0 Å². The maximum absolute atomic E-state index is 13.2. The monoisotopic (exact) mass is 330 g/mol. The molecule has 1 heterocycles. The summed E-state index contributed by atoms with van der Waals surface area (Å²) in [6, 6.07) is 7.36. The highest BCUT2D eigenvalue weighted by Crippen LogP contribution is 2.43. The molecule has 0 spiro atoms. The molecule has 1 aliphatic carbocycles. The molecule has 1 saturated carbocycles. The molecule has 3 rings (SSSR count).